The van der Waals surface area contributed by atoms with Gasteiger partial charge in [0.2, 0.25) is 5.91 Å². The minimum Gasteiger partial charge on any atom is -0.399 e. The number of likely N-dealkylation sites (N-methyl/N-ethyl adjacent to an activating group) is 1. The monoisotopic (exact) mass is 218 g/mol. The Bertz CT molecular complexity index is 379. The van der Waals surface area contributed by atoms with Crippen molar-refractivity contribution in [1.29, 1.82) is 0 Å². The maximum Gasteiger partial charge on any atom is 0.246 e. The molecule has 0 saturated heterocycles. The summed E-state index contributed by atoms with van der Waals surface area (Å²) in [6.45, 7) is 3.96. The summed E-state index contributed by atoms with van der Waals surface area (Å²) in [5, 5.41) is 0. The first-order valence-electron chi connectivity index (χ1n) is 5.31. The number of nitrogens with two attached hydrogens (primary N) is 1. The van der Waals surface area contributed by atoms with Gasteiger partial charge in [-0.25, -0.2) is 0 Å². The molecular weight excluding hydrogens is 200 g/mol. The van der Waals surface area contributed by atoms with Gasteiger partial charge in [-0.1, -0.05) is 12.1 Å². The van der Waals surface area contributed by atoms with Crippen LogP contribution in [0.5, 0.6) is 0 Å². The van der Waals surface area contributed by atoms with E-state index in [2.05, 4.69) is 0 Å². The summed E-state index contributed by atoms with van der Waals surface area (Å²) < 4.78 is 0. The quantitative estimate of drug-likeness (QED) is 0.624. The van der Waals surface area contributed by atoms with Crippen molar-refractivity contribution in [3.8, 4) is 0 Å². The van der Waals surface area contributed by atoms with Gasteiger partial charge in [0.25, 0.3) is 0 Å². The van der Waals surface area contributed by atoms with Gasteiger partial charge < -0.3 is 10.6 Å². The van der Waals surface area contributed by atoms with E-state index in [9.17, 15) is 4.79 Å². The van der Waals surface area contributed by atoms with Crippen molar-refractivity contribution in [2.45, 2.75) is 19.9 Å². The average molecular weight is 218 g/mol. The fourth-order valence-electron chi connectivity index (χ4n) is 1.15. The Morgan fingerprint density at radius 2 is 1.88 bits per heavy atom. The minimum absolute atomic E-state index is 0.00632. The van der Waals surface area contributed by atoms with Gasteiger partial charge >= 0.3 is 0 Å². The van der Waals surface area contributed by atoms with E-state index in [0.717, 1.165) is 11.3 Å². The summed E-state index contributed by atoms with van der Waals surface area (Å²) in [6.07, 6.45) is 3.37. The molecule has 3 heteroatoms. The number of rotatable bonds is 3. The van der Waals surface area contributed by atoms with Gasteiger partial charge in [0.15, 0.2) is 0 Å². The molecule has 0 heterocycles. The largest absolute Gasteiger partial charge is 0.399 e. The molecule has 1 aromatic rings. The third kappa shape index (κ3) is 3.42. The highest BCUT2D eigenvalue weighted by Crippen LogP contribution is 2.07. The molecule has 2 N–H and O–H groups in total. The summed E-state index contributed by atoms with van der Waals surface area (Å²) in [4.78, 5) is 13.3. The predicted molar refractivity (Wildman–Crippen MR) is 67.8 cm³/mol. The molecule has 0 radical (unpaired) electrons. The lowest BCUT2D eigenvalue weighted by Gasteiger charge is -2.19. The van der Waals surface area contributed by atoms with Crippen molar-refractivity contribution in [2.24, 2.45) is 0 Å². The molecule has 86 valence electrons. The number of nitrogens with zero attached hydrogens (tertiary/aromatic N) is 1. The normalized spacial score (nSPS) is 11.0. The van der Waals surface area contributed by atoms with Crippen LogP contribution in [0.2, 0.25) is 0 Å². The summed E-state index contributed by atoms with van der Waals surface area (Å²) in [5.74, 6) is 0.00632. The van der Waals surface area contributed by atoms with Gasteiger partial charge in [0.05, 0.1) is 0 Å². The first-order valence-corrected chi connectivity index (χ1v) is 5.31. The fourth-order valence-corrected chi connectivity index (χ4v) is 1.15. The second-order valence-electron chi connectivity index (χ2n) is 4.04. The van der Waals surface area contributed by atoms with E-state index in [-0.39, 0.29) is 11.9 Å². The Morgan fingerprint density at radius 1 is 1.31 bits per heavy atom. The van der Waals surface area contributed by atoms with E-state index in [4.69, 9.17) is 5.73 Å². The molecule has 0 fully saturated rings. The third-order valence-electron chi connectivity index (χ3n) is 2.48. The molecule has 0 bridgehead atoms. The van der Waals surface area contributed by atoms with Gasteiger partial charge in [-0.15, -0.1) is 0 Å². The lowest BCUT2D eigenvalue weighted by Crippen LogP contribution is -2.31. The molecular formula is C13H18N2O. The van der Waals surface area contributed by atoms with Crippen LogP contribution in [0.25, 0.3) is 6.08 Å². The molecule has 0 unspecified atom stereocenters. The zero-order valence-electron chi connectivity index (χ0n) is 9.97. The number of carbonyl (C=O) groups is 1. The van der Waals surface area contributed by atoms with Crippen LogP contribution in [0, 0.1) is 0 Å². The third-order valence-corrected chi connectivity index (χ3v) is 2.48. The maximum absolute atomic E-state index is 11.6. The molecule has 0 saturated carbocycles. The molecule has 1 aromatic carbocycles. The van der Waals surface area contributed by atoms with E-state index >= 15 is 0 Å². The zero-order valence-corrected chi connectivity index (χ0v) is 9.97. The highest BCUT2D eigenvalue weighted by molar-refractivity contribution is 5.91. The molecule has 3 nitrogen and oxygen atoms in total. The molecule has 1 amide bonds. The lowest BCUT2D eigenvalue weighted by molar-refractivity contribution is -0.126. The number of hydrogen-bond donors (Lipinski definition) is 1. The number of nitrogen functional groups attached to an aromatic ring is 1. The van der Waals surface area contributed by atoms with Gasteiger partial charge in [0.1, 0.15) is 0 Å². The van der Waals surface area contributed by atoms with Gasteiger partial charge in [-0.2, -0.15) is 0 Å². The Balaban J connectivity index is 2.67. The molecule has 0 atom stereocenters. The van der Waals surface area contributed by atoms with Crippen LogP contribution >= 0.6 is 0 Å². The van der Waals surface area contributed by atoms with Crippen LogP contribution in [0.4, 0.5) is 5.69 Å². The standard InChI is InChI=1S/C13H18N2O/c1-10(2)15(3)13(16)9-6-11-4-7-12(14)8-5-11/h4-10H,14H2,1-3H3/b9-6+. The molecule has 1 rings (SSSR count). The van der Waals surface area contributed by atoms with E-state index in [1.54, 1.807) is 24.1 Å². The van der Waals surface area contributed by atoms with Crippen LogP contribution in [0.3, 0.4) is 0 Å². The Hall–Kier alpha value is -1.77. The van der Waals surface area contributed by atoms with E-state index in [1.165, 1.54) is 0 Å². The Labute approximate surface area is 96.6 Å². The number of amides is 1. The molecule has 0 spiro atoms. The number of anilines is 1. The average Bonchev–Trinajstić information content (AvgIpc) is 2.26. The van der Waals surface area contributed by atoms with Gasteiger partial charge in [-0.05, 0) is 37.6 Å². The highest BCUT2D eigenvalue weighted by atomic mass is 16.2. The molecule has 0 aromatic heterocycles. The van der Waals surface area contributed by atoms with E-state index in [0.29, 0.717) is 0 Å². The van der Waals surface area contributed by atoms with Crippen molar-refractivity contribution in [3.05, 3.63) is 35.9 Å². The van der Waals surface area contributed by atoms with Crippen LogP contribution in [0.1, 0.15) is 19.4 Å². The van der Waals surface area contributed by atoms with Crippen molar-refractivity contribution in [2.75, 3.05) is 12.8 Å². The smallest absolute Gasteiger partial charge is 0.246 e. The second-order valence-corrected chi connectivity index (χ2v) is 4.04. The SMILES string of the molecule is CC(C)N(C)C(=O)/C=C/c1ccc(N)cc1. The van der Waals surface area contributed by atoms with Crippen molar-refractivity contribution < 1.29 is 4.79 Å². The predicted octanol–water partition coefficient (Wildman–Crippen LogP) is 2.15. The van der Waals surface area contributed by atoms with Crippen LogP contribution in [0.15, 0.2) is 30.3 Å². The fraction of sp³-hybridized carbons (Fsp3) is 0.308. The van der Waals surface area contributed by atoms with Crippen molar-refractivity contribution >= 4 is 17.7 Å². The summed E-state index contributed by atoms with van der Waals surface area (Å²) >= 11 is 0. The van der Waals surface area contributed by atoms with Gasteiger partial charge in [0, 0.05) is 24.9 Å². The Morgan fingerprint density at radius 3 is 2.38 bits per heavy atom. The van der Waals surface area contributed by atoms with Crippen LogP contribution < -0.4 is 5.73 Å². The maximum atomic E-state index is 11.6. The molecule has 0 aliphatic rings. The van der Waals surface area contributed by atoms with Crippen molar-refractivity contribution in [3.63, 3.8) is 0 Å². The van der Waals surface area contributed by atoms with Crippen molar-refractivity contribution in [1.82, 2.24) is 4.90 Å². The summed E-state index contributed by atoms with van der Waals surface area (Å²) in [5.41, 5.74) is 7.27. The first kappa shape index (κ1) is 12.3. The summed E-state index contributed by atoms with van der Waals surface area (Å²) in [7, 11) is 1.79. The minimum atomic E-state index is 0.00632. The molecule has 16 heavy (non-hydrogen) atoms. The topological polar surface area (TPSA) is 46.3 Å². The first-order chi connectivity index (χ1) is 7.50. The zero-order chi connectivity index (χ0) is 12.1. The highest BCUT2D eigenvalue weighted by Gasteiger charge is 2.07. The van der Waals surface area contributed by atoms with E-state index < -0.39 is 0 Å². The second kappa shape index (κ2) is 5.35. The molecule has 0 aliphatic carbocycles. The Kier molecular flexibility index (Phi) is 4.11. The number of benzene rings is 1. The van der Waals surface area contributed by atoms with Crippen LogP contribution in [-0.4, -0.2) is 23.9 Å². The summed E-state index contributed by atoms with van der Waals surface area (Å²) in [6, 6.07) is 7.61. The number of carbonyl (C=O) groups excluding carboxylic acids is 1. The van der Waals surface area contributed by atoms with Crippen LogP contribution in [-0.2, 0) is 4.79 Å². The number of hydrogen-bond acceptors (Lipinski definition) is 2. The molecule has 0 aliphatic heterocycles. The lowest BCUT2D eigenvalue weighted by atomic mass is 10.2. The van der Waals surface area contributed by atoms with E-state index in [1.807, 2.05) is 38.1 Å². The van der Waals surface area contributed by atoms with Gasteiger partial charge in [-0.3, -0.25) is 4.79 Å².